The molecule has 0 aromatic heterocycles. The van der Waals surface area contributed by atoms with Crippen molar-refractivity contribution in [2.45, 2.75) is 4.90 Å². The Morgan fingerprint density at radius 1 is 1.17 bits per heavy atom. The van der Waals surface area contributed by atoms with E-state index in [2.05, 4.69) is 12.1 Å². The highest BCUT2D eigenvalue weighted by Crippen LogP contribution is 2.37. The normalized spacial score (nSPS) is 13.8. The molecule has 0 spiro atoms. The van der Waals surface area contributed by atoms with Crippen molar-refractivity contribution in [3.63, 3.8) is 0 Å². The Balaban J connectivity index is 1.84. The first-order valence-electron chi connectivity index (χ1n) is 7.26. The van der Waals surface area contributed by atoms with Crippen molar-refractivity contribution in [2.75, 3.05) is 23.5 Å². The molecule has 0 unspecified atom stereocenters. The third-order valence-corrected chi connectivity index (χ3v) is 5.14. The number of amides is 1. The van der Waals surface area contributed by atoms with Crippen molar-refractivity contribution in [3.8, 4) is 5.75 Å². The summed E-state index contributed by atoms with van der Waals surface area (Å²) in [5, 5.41) is 0.948. The Labute approximate surface area is 144 Å². The summed E-state index contributed by atoms with van der Waals surface area (Å²) in [6.45, 7) is 0.0148. The van der Waals surface area contributed by atoms with Gasteiger partial charge in [-0.2, -0.15) is 0 Å². The average molecular weight is 343 g/mol. The van der Waals surface area contributed by atoms with Crippen LogP contribution in [0.3, 0.4) is 0 Å². The molecule has 0 atom stereocenters. The van der Waals surface area contributed by atoms with Crippen molar-refractivity contribution in [1.82, 2.24) is 0 Å². The molecule has 3 nitrogen and oxygen atoms in total. The van der Waals surface area contributed by atoms with Gasteiger partial charge in [-0.05, 0) is 36.6 Å². The summed E-state index contributed by atoms with van der Waals surface area (Å²) in [5.74, 6) is 1.49. The Hall–Kier alpha value is -1.85. The van der Waals surface area contributed by atoms with Crippen LogP contribution in [0.1, 0.15) is 0 Å². The van der Waals surface area contributed by atoms with E-state index in [0.29, 0.717) is 5.75 Å². The van der Waals surface area contributed by atoms with Crippen LogP contribution < -0.4 is 9.64 Å². The van der Waals surface area contributed by atoms with E-state index < -0.39 is 0 Å². The first-order valence-corrected chi connectivity index (χ1v) is 9.47. The van der Waals surface area contributed by atoms with Crippen LogP contribution in [0.4, 0.5) is 5.69 Å². The van der Waals surface area contributed by atoms with Gasteiger partial charge >= 0.3 is 0 Å². The Morgan fingerprint density at radius 2 is 1.91 bits per heavy atom. The number of carbonyl (C=O) groups is 1. The number of fused-ring (bicyclic) bond motifs is 1. The zero-order chi connectivity index (χ0) is 16.1. The van der Waals surface area contributed by atoms with Crippen LogP contribution in [0.25, 0.3) is 0 Å². The van der Waals surface area contributed by atoms with Gasteiger partial charge in [0.15, 0.2) is 6.61 Å². The molecule has 5 heteroatoms. The third-order valence-electron chi connectivity index (χ3n) is 3.39. The predicted molar refractivity (Wildman–Crippen MR) is 98.2 cm³/mol. The van der Waals surface area contributed by atoms with Gasteiger partial charge in [0.25, 0.3) is 5.91 Å². The summed E-state index contributed by atoms with van der Waals surface area (Å²) in [6.07, 6.45) is 4.08. The lowest BCUT2D eigenvalue weighted by atomic mass is 10.3. The maximum atomic E-state index is 12.8. The minimum atomic E-state index is -0.0654. The zero-order valence-corrected chi connectivity index (χ0v) is 14.4. The highest BCUT2D eigenvalue weighted by atomic mass is 32.2. The predicted octanol–water partition coefficient (Wildman–Crippen LogP) is 4.41. The van der Waals surface area contributed by atoms with Crippen LogP contribution in [0.2, 0.25) is 0 Å². The quantitative estimate of drug-likeness (QED) is 0.822. The number of carbonyl (C=O) groups excluding carboxylic acids is 1. The fraction of sp³-hybridized carbons (Fsp3) is 0.167. The smallest absolute Gasteiger partial charge is 0.269 e. The highest BCUT2D eigenvalue weighted by Gasteiger charge is 2.24. The van der Waals surface area contributed by atoms with E-state index in [4.69, 9.17) is 4.74 Å². The van der Waals surface area contributed by atoms with Crippen LogP contribution in [-0.2, 0) is 4.79 Å². The van der Waals surface area contributed by atoms with Gasteiger partial charge < -0.3 is 4.74 Å². The molecular weight excluding hydrogens is 326 g/mol. The van der Waals surface area contributed by atoms with E-state index in [-0.39, 0.29) is 12.5 Å². The molecule has 1 heterocycles. The topological polar surface area (TPSA) is 29.5 Å². The number of rotatable bonds is 4. The van der Waals surface area contributed by atoms with E-state index in [1.54, 1.807) is 28.4 Å². The molecular formula is C18H17NO2S2. The minimum Gasteiger partial charge on any atom is -0.484 e. The summed E-state index contributed by atoms with van der Waals surface area (Å²) in [6, 6.07) is 17.4. The van der Waals surface area contributed by atoms with Gasteiger partial charge in [0.2, 0.25) is 0 Å². The molecule has 0 fully saturated rings. The van der Waals surface area contributed by atoms with Crippen molar-refractivity contribution >= 4 is 35.1 Å². The summed E-state index contributed by atoms with van der Waals surface area (Å²) in [4.78, 5) is 15.7. The molecule has 0 saturated carbocycles. The monoisotopic (exact) mass is 343 g/mol. The van der Waals surface area contributed by atoms with Gasteiger partial charge in [0.05, 0.1) is 10.7 Å². The lowest BCUT2D eigenvalue weighted by molar-refractivity contribution is -0.120. The summed E-state index contributed by atoms with van der Waals surface area (Å²) in [7, 11) is 0. The fourth-order valence-corrected chi connectivity index (χ4v) is 3.98. The molecule has 0 saturated heterocycles. The number of thioether (sulfide) groups is 2. The molecule has 1 aliphatic heterocycles. The number of para-hydroxylation sites is 2. The van der Waals surface area contributed by atoms with Gasteiger partial charge in [-0.3, -0.25) is 9.69 Å². The van der Waals surface area contributed by atoms with Crippen LogP contribution in [0.15, 0.2) is 70.6 Å². The van der Waals surface area contributed by atoms with Crippen molar-refractivity contribution in [3.05, 3.63) is 65.7 Å². The number of hydrogen-bond acceptors (Lipinski definition) is 4. The molecule has 1 aliphatic rings. The molecule has 0 radical (unpaired) electrons. The van der Waals surface area contributed by atoms with E-state index >= 15 is 0 Å². The van der Waals surface area contributed by atoms with Gasteiger partial charge in [0.1, 0.15) is 5.75 Å². The summed E-state index contributed by atoms with van der Waals surface area (Å²) in [5.41, 5.74) is 0.928. The fourth-order valence-electron chi connectivity index (χ4n) is 2.33. The van der Waals surface area contributed by atoms with E-state index in [0.717, 1.165) is 21.4 Å². The second kappa shape index (κ2) is 7.62. The standard InChI is InChI=1S/C18H17NO2S2/c1-22-18-11-12-23-16-10-6-5-9-15(16)19(18)17(20)13-21-14-7-3-2-4-8-14/h2-11H,12-13H2,1H3. The average Bonchev–Trinajstić information content (AvgIpc) is 2.79. The molecule has 23 heavy (non-hydrogen) atoms. The van der Waals surface area contributed by atoms with Gasteiger partial charge in [0, 0.05) is 10.6 Å². The highest BCUT2D eigenvalue weighted by molar-refractivity contribution is 8.02. The molecule has 2 aromatic carbocycles. The van der Waals surface area contributed by atoms with Crippen molar-refractivity contribution < 1.29 is 9.53 Å². The van der Waals surface area contributed by atoms with Gasteiger partial charge in [-0.25, -0.2) is 0 Å². The third kappa shape index (κ3) is 3.74. The van der Waals surface area contributed by atoms with Crippen LogP contribution in [-0.4, -0.2) is 24.5 Å². The Bertz CT molecular complexity index is 716. The number of nitrogens with zero attached hydrogens (tertiary/aromatic N) is 1. The van der Waals surface area contributed by atoms with Gasteiger partial charge in [-0.1, -0.05) is 30.3 Å². The molecule has 0 aliphatic carbocycles. The van der Waals surface area contributed by atoms with E-state index in [9.17, 15) is 4.79 Å². The molecule has 1 amide bonds. The maximum Gasteiger partial charge on any atom is 0.269 e. The van der Waals surface area contributed by atoms with E-state index in [1.807, 2.05) is 54.8 Å². The second-order valence-corrected chi connectivity index (χ2v) is 6.74. The summed E-state index contributed by atoms with van der Waals surface area (Å²) >= 11 is 3.32. The number of anilines is 1. The maximum absolute atomic E-state index is 12.8. The lowest BCUT2D eigenvalue weighted by Crippen LogP contribution is -2.33. The number of benzene rings is 2. The first kappa shape index (κ1) is 16.0. The largest absolute Gasteiger partial charge is 0.484 e. The molecule has 0 N–H and O–H groups in total. The summed E-state index contributed by atoms with van der Waals surface area (Å²) < 4.78 is 5.64. The van der Waals surface area contributed by atoms with Crippen LogP contribution in [0, 0.1) is 0 Å². The Kier molecular flexibility index (Phi) is 5.31. The molecule has 0 bridgehead atoms. The van der Waals surface area contributed by atoms with Gasteiger partial charge in [-0.15, -0.1) is 23.5 Å². The SMILES string of the molecule is CSC1=CCSc2ccccc2N1C(=O)COc1ccccc1. The lowest BCUT2D eigenvalue weighted by Gasteiger charge is -2.24. The molecule has 118 valence electrons. The molecule has 2 aromatic rings. The minimum absolute atomic E-state index is 0.0148. The van der Waals surface area contributed by atoms with E-state index in [1.165, 1.54) is 0 Å². The molecule has 3 rings (SSSR count). The number of hydrogen-bond donors (Lipinski definition) is 0. The van der Waals surface area contributed by atoms with Crippen molar-refractivity contribution in [2.24, 2.45) is 0 Å². The van der Waals surface area contributed by atoms with Crippen LogP contribution in [0.5, 0.6) is 5.75 Å². The Morgan fingerprint density at radius 3 is 2.70 bits per heavy atom. The first-order chi connectivity index (χ1) is 11.3. The van der Waals surface area contributed by atoms with Crippen LogP contribution >= 0.6 is 23.5 Å². The van der Waals surface area contributed by atoms with Crippen molar-refractivity contribution in [1.29, 1.82) is 0 Å². The zero-order valence-electron chi connectivity index (χ0n) is 12.8. The number of ether oxygens (including phenoxy) is 1. The second-order valence-electron chi connectivity index (χ2n) is 4.86.